The molecule has 10 nitrogen and oxygen atoms in total. The number of anilines is 1. The molecule has 0 saturated carbocycles. The van der Waals surface area contributed by atoms with Gasteiger partial charge in [-0.05, 0) is 68.7 Å². The smallest absolute Gasteiger partial charge is 0.322 e. The van der Waals surface area contributed by atoms with Crippen molar-refractivity contribution in [2.45, 2.75) is 48.2 Å². The number of nitrogens with zero attached hydrogens (tertiary/aromatic N) is 3. The summed E-state index contributed by atoms with van der Waals surface area (Å²) in [4.78, 5) is 13.0. The van der Waals surface area contributed by atoms with Gasteiger partial charge in [-0.25, -0.2) is 21.2 Å². The quantitative estimate of drug-likeness (QED) is 0.452. The lowest BCUT2D eigenvalue weighted by atomic mass is 9.99. The van der Waals surface area contributed by atoms with Crippen LogP contribution >= 0.6 is 0 Å². The topological polar surface area (TPSA) is 140 Å². The molecule has 2 aromatic carbocycles. The highest BCUT2D eigenvalue weighted by Crippen LogP contribution is 2.25. The van der Waals surface area contributed by atoms with Crippen molar-refractivity contribution in [3.63, 3.8) is 0 Å². The SMILES string of the molecule is CC(C)S(=O)(=O)c1ccc(Cc2nnc(NC(=O)C3CCCN(S(=O)(=O)c4ccc(F)cc4)C3)o2)cc1. The van der Waals surface area contributed by atoms with E-state index in [9.17, 15) is 26.0 Å². The molecule has 1 saturated heterocycles. The number of halogens is 1. The minimum Gasteiger partial charge on any atom is -0.407 e. The summed E-state index contributed by atoms with van der Waals surface area (Å²) in [5.41, 5.74) is 0.748. The van der Waals surface area contributed by atoms with Gasteiger partial charge in [-0.1, -0.05) is 17.2 Å². The third-order valence-electron chi connectivity index (χ3n) is 6.13. The zero-order chi connectivity index (χ0) is 26.8. The van der Waals surface area contributed by atoms with Gasteiger partial charge in [-0.2, -0.15) is 4.31 Å². The first-order chi connectivity index (χ1) is 17.5. The van der Waals surface area contributed by atoms with Crippen molar-refractivity contribution in [2.75, 3.05) is 18.4 Å². The number of sulfone groups is 1. The zero-order valence-electron chi connectivity index (χ0n) is 20.3. The van der Waals surface area contributed by atoms with Gasteiger partial charge in [0.15, 0.2) is 9.84 Å². The molecule has 0 spiro atoms. The molecular formula is C24H27FN4O6S2. The van der Waals surface area contributed by atoms with Crippen LogP contribution in [0.15, 0.2) is 62.7 Å². The number of carbonyl (C=O) groups is 1. The summed E-state index contributed by atoms with van der Waals surface area (Å²) >= 11 is 0. The number of nitrogens with one attached hydrogen (secondary N) is 1. The molecule has 37 heavy (non-hydrogen) atoms. The first-order valence-electron chi connectivity index (χ1n) is 11.7. The van der Waals surface area contributed by atoms with Gasteiger partial charge < -0.3 is 4.42 Å². The Morgan fingerprint density at radius 3 is 2.35 bits per heavy atom. The number of aromatic nitrogens is 2. The van der Waals surface area contributed by atoms with Crippen LogP contribution in [0.25, 0.3) is 0 Å². The van der Waals surface area contributed by atoms with Crippen molar-refractivity contribution in [3.8, 4) is 0 Å². The Bertz CT molecular complexity index is 1470. The van der Waals surface area contributed by atoms with E-state index in [0.717, 1.165) is 17.7 Å². The molecule has 4 rings (SSSR count). The van der Waals surface area contributed by atoms with Gasteiger partial charge in [0.05, 0.1) is 27.4 Å². The van der Waals surface area contributed by atoms with Gasteiger partial charge in [-0.15, -0.1) is 5.10 Å². The van der Waals surface area contributed by atoms with Crippen LogP contribution in [0, 0.1) is 11.7 Å². The Kier molecular flexibility index (Phi) is 7.76. The first kappa shape index (κ1) is 26.9. The standard InChI is InChI=1S/C24H27FN4O6S2/c1-16(2)36(31,32)20-9-5-17(6-10-20)14-22-27-28-24(35-22)26-23(30)18-4-3-13-29(15-18)37(33,34)21-11-7-19(25)8-12-21/h5-12,16,18H,3-4,13-15H2,1-2H3,(H,26,28,30). The van der Waals surface area contributed by atoms with Gasteiger partial charge in [0.25, 0.3) is 0 Å². The number of carbonyl (C=O) groups excluding carboxylic acids is 1. The van der Waals surface area contributed by atoms with Crippen LogP contribution in [-0.4, -0.2) is 55.6 Å². The average Bonchev–Trinajstić information content (AvgIpc) is 3.31. The van der Waals surface area contributed by atoms with E-state index in [-0.39, 0.29) is 41.2 Å². The van der Waals surface area contributed by atoms with Crippen molar-refractivity contribution >= 4 is 31.8 Å². The van der Waals surface area contributed by atoms with Crippen LogP contribution in [0.3, 0.4) is 0 Å². The third kappa shape index (κ3) is 6.05. The largest absolute Gasteiger partial charge is 0.407 e. The molecule has 1 fully saturated rings. The van der Waals surface area contributed by atoms with Crippen LogP contribution < -0.4 is 5.32 Å². The summed E-state index contributed by atoms with van der Waals surface area (Å²) in [6.45, 7) is 3.46. The van der Waals surface area contributed by atoms with Crippen molar-refractivity contribution in [1.82, 2.24) is 14.5 Å². The zero-order valence-corrected chi connectivity index (χ0v) is 21.9. The Morgan fingerprint density at radius 2 is 1.70 bits per heavy atom. The number of benzene rings is 2. The van der Waals surface area contributed by atoms with Crippen molar-refractivity contribution in [1.29, 1.82) is 0 Å². The normalized spacial score (nSPS) is 17.1. The van der Waals surface area contributed by atoms with E-state index in [1.807, 2.05) is 0 Å². The van der Waals surface area contributed by atoms with Gasteiger partial charge in [0.1, 0.15) is 5.82 Å². The number of hydrogen-bond donors (Lipinski definition) is 1. The van der Waals surface area contributed by atoms with Crippen LogP contribution in [0.1, 0.15) is 38.1 Å². The lowest BCUT2D eigenvalue weighted by Crippen LogP contribution is -2.43. The van der Waals surface area contributed by atoms with Crippen LogP contribution in [0.4, 0.5) is 10.4 Å². The Hall–Kier alpha value is -3.16. The number of rotatable bonds is 8. The number of amides is 1. The lowest BCUT2D eigenvalue weighted by Gasteiger charge is -2.30. The summed E-state index contributed by atoms with van der Waals surface area (Å²) in [5.74, 6) is -1.39. The lowest BCUT2D eigenvalue weighted by molar-refractivity contribution is -0.121. The molecule has 198 valence electrons. The fraction of sp³-hybridized carbons (Fsp3) is 0.375. The highest BCUT2D eigenvalue weighted by molar-refractivity contribution is 7.92. The van der Waals surface area contributed by atoms with E-state index < -0.39 is 42.8 Å². The monoisotopic (exact) mass is 550 g/mol. The van der Waals surface area contributed by atoms with Crippen molar-refractivity contribution in [2.24, 2.45) is 5.92 Å². The molecule has 1 amide bonds. The highest BCUT2D eigenvalue weighted by atomic mass is 32.2. The van der Waals surface area contributed by atoms with E-state index in [4.69, 9.17) is 4.42 Å². The van der Waals surface area contributed by atoms with E-state index >= 15 is 0 Å². The van der Waals surface area contributed by atoms with E-state index in [1.54, 1.807) is 26.0 Å². The molecule has 0 bridgehead atoms. The maximum atomic E-state index is 13.2. The molecule has 2 heterocycles. The maximum absolute atomic E-state index is 13.2. The Balaban J connectivity index is 1.37. The Labute approximate surface area is 214 Å². The van der Waals surface area contributed by atoms with E-state index in [1.165, 1.54) is 28.6 Å². The molecular weight excluding hydrogens is 523 g/mol. The molecule has 1 aromatic heterocycles. The molecule has 1 unspecified atom stereocenters. The first-order valence-corrected chi connectivity index (χ1v) is 14.7. The predicted octanol–water partition coefficient (Wildman–Crippen LogP) is 3.02. The summed E-state index contributed by atoms with van der Waals surface area (Å²) < 4.78 is 70.3. The van der Waals surface area contributed by atoms with Crippen molar-refractivity contribution in [3.05, 3.63) is 65.8 Å². The number of sulfonamides is 1. The van der Waals surface area contributed by atoms with Gasteiger partial charge in [0, 0.05) is 13.1 Å². The molecule has 0 radical (unpaired) electrons. The molecule has 1 atom stereocenters. The van der Waals surface area contributed by atoms with Gasteiger partial charge in [-0.3, -0.25) is 10.1 Å². The van der Waals surface area contributed by atoms with Gasteiger partial charge >= 0.3 is 6.01 Å². The minimum atomic E-state index is -3.87. The molecule has 1 N–H and O–H groups in total. The van der Waals surface area contributed by atoms with E-state index in [0.29, 0.717) is 12.8 Å². The molecule has 0 aliphatic carbocycles. The summed E-state index contributed by atoms with van der Waals surface area (Å²) in [6, 6.07) is 10.8. The van der Waals surface area contributed by atoms with Crippen molar-refractivity contribution < 1.29 is 30.4 Å². The van der Waals surface area contributed by atoms with Crippen LogP contribution in [0.5, 0.6) is 0 Å². The third-order valence-corrected chi connectivity index (χ3v) is 10.2. The minimum absolute atomic E-state index is 0.0296. The van der Waals surface area contributed by atoms with Gasteiger partial charge in [0.2, 0.25) is 21.8 Å². The number of hydrogen-bond acceptors (Lipinski definition) is 8. The second-order valence-corrected chi connectivity index (χ2v) is 13.5. The highest BCUT2D eigenvalue weighted by Gasteiger charge is 2.34. The second-order valence-electron chi connectivity index (χ2n) is 9.06. The summed E-state index contributed by atoms with van der Waals surface area (Å²) in [6.07, 6.45) is 1.20. The fourth-order valence-electron chi connectivity index (χ4n) is 3.96. The summed E-state index contributed by atoms with van der Waals surface area (Å²) in [7, 11) is -7.24. The molecule has 1 aliphatic rings. The van der Waals surface area contributed by atoms with Crippen LogP contribution in [0.2, 0.25) is 0 Å². The number of piperidine rings is 1. The van der Waals surface area contributed by atoms with Crippen LogP contribution in [-0.2, 0) is 31.1 Å². The van der Waals surface area contributed by atoms with E-state index in [2.05, 4.69) is 15.5 Å². The predicted molar refractivity (Wildman–Crippen MR) is 132 cm³/mol. The second kappa shape index (κ2) is 10.7. The Morgan fingerprint density at radius 1 is 1.05 bits per heavy atom. The maximum Gasteiger partial charge on any atom is 0.322 e. The summed E-state index contributed by atoms with van der Waals surface area (Å²) in [5, 5.41) is 9.78. The molecule has 13 heteroatoms. The average molecular weight is 551 g/mol. The molecule has 3 aromatic rings. The molecule has 1 aliphatic heterocycles. The fourth-order valence-corrected chi connectivity index (χ4v) is 6.54.